The second kappa shape index (κ2) is 5.63. The Morgan fingerprint density at radius 3 is 2.19 bits per heavy atom. The Labute approximate surface area is 98.4 Å². The van der Waals surface area contributed by atoms with E-state index in [0.29, 0.717) is 0 Å². The minimum Gasteiger partial charge on any atom is -0.392 e. The third-order valence-electron chi connectivity index (χ3n) is 2.78. The lowest BCUT2D eigenvalue weighted by molar-refractivity contribution is -0.207. The predicted octanol–water partition coefficient (Wildman–Crippen LogP) is -2.13. The molecule has 1 fully saturated rings. The van der Waals surface area contributed by atoms with Crippen molar-refractivity contribution in [1.82, 2.24) is 0 Å². The number of rotatable bonds is 3. The first kappa shape index (κ1) is 14.2. The Hall–Kier alpha value is 0.110. The highest BCUT2D eigenvalue weighted by Gasteiger charge is 2.46. The van der Waals surface area contributed by atoms with E-state index in [1.54, 1.807) is 6.26 Å². The summed E-state index contributed by atoms with van der Waals surface area (Å²) in [6.45, 7) is 1.48. The van der Waals surface area contributed by atoms with Gasteiger partial charge in [-0.3, -0.25) is 0 Å². The number of ether oxygens (including phenoxy) is 1. The molecule has 0 aromatic rings. The van der Waals surface area contributed by atoms with Gasteiger partial charge in [-0.1, -0.05) is 0 Å². The van der Waals surface area contributed by atoms with E-state index < -0.39 is 42.0 Å². The van der Waals surface area contributed by atoms with Gasteiger partial charge in [0, 0.05) is 0 Å². The van der Waals surface area contributed by atoms with Crippen LogP contribution in [-0.4, -0.2) is 68.7 Å². The van der Waals surface area contributed by atoms with Crippen LogP contribution >= 0.6 is 11.8 Å². The van der Waals surface area contributed by atoms with Gasteiger partial charge in [0.2, 0.25) is 0 Å². The van der Waals surface area contributed by atoms with Gasteiger partial charge in [0.15, 0.2) is 0 Å². The average Bonchev–Trinajstić information content (AvgIpc) is 2.25. The molecule has 0 radical (unpaired) electrons. The molecule has 0 aromatic heterocycles. The zero-order valence-electron chi connectivity index (χ0n) is 9.22. The van der Waals surface area contributed by atoms with E-state index >= 15 is 0 Å². The first-order valence-electron chi connectivity index (χ1n) is 5.06. The summed E-state index contributed by atoms with van der Waals surface area (Å²) in [4.78, 5) is 0. The molecule has 0 bridgehead atoms. The van der Waals surface area contributed by atoms with Gasteiger partial charge in [-0.25, -0.2) is 0 Å². The summed E-state index contributed by atoms with van der Waals surface area (Å²) in [7, 11) is 0. The number of hydrogen-bond donors (Lipinski definition) is 5. The third kappa shape index (κ3) is 2.67. The van der Waals surface area contributed by atoms with Crippen LogP contribution in [0.4, 0.5) is 0 Å². The fourth-order valence-corrected chi connectivity index (χ4v) is 2.34. The molecule has 0 amide bonds. The van der Waals surface area contributed by atoms with Gasteiger partial charge in [-0.05, 0) is 13.2 Å². The summed E-state index contributed by atoms with van der Waals surface area (Å²) in [5.74, 6) is 0. The van der Waals surface area contributed by atoms with Gasteiger partial charge in [-0.2, -0.15) is 0 Å². The van der Waals surface area contributed by atoms with E-state index in [1.807, 2.05) is 0 Å². The van der Waals surface area contributed by atoms with Crippen molar-refractivity contribution in [3.05, 3.63) is 0 Å². The zero-order valence-corrected chi connectivity index (χ0v) is 10.0. The van der Waals surface area contributed by atoms with Gasteiger partial charge < -0.3 is 30.9 Å². The van der Waals surface area contributed by atoms with E-state index in [-0.39, 0.29) is 0 Å². The van der Waals surface area contributed by atoms with Crippen molar-refractivity contribution in [3.63, 3.8) is 0 Å². The summed E-state index contributed by atoms with van der Waals surface area (Å²) in [5, 5.41) is 38.2. The van der Waals surface area contributed by atoms with Crippen molar-refractivity contribution in [1.29, 1.82) is 0 Å². The quantitative estimate of drug-likeness (QED) is 0.390. The maximum absolute atomic E-state index is 9.71. The van der Waals surface area contributed by atoms with Crippen LogP contribution in [0.25, 0.3) is 0 Å². The molecule has 7 atom stereocenters. The van der Waals surface area contributed by atoms with Gasteiger partial charge in [0.25, 0.3) is 0 Å². The first-order valence-corrected chi connectivity index (χ1v) is 6.35. The smallest absolute Gasteiger partial charge is 0.132 e. The molecule has 1 saturated heterocycles. The molecule has 0 aromatic carbocycles. The van der Waals surface area contributed by atoms with Crippen molar-refractivity contribution in [2.75, 3.05) is 6.26 Å². The molecule has 6 N–H and O–H groups in total. The molecule has 6 nitrogen and oxygen atoms in total. The van der Waals surface area contributed by atoms with E-state index in [4.69, 9.17) is 10.5 Å². The highest BCUT2D eigenvalue weighted by atomic mass is 32.2. The van der Waals surface area contributed by atoms with Crippen molar-refractivity contribution in [2.24, 2.45) is 5.73 Å². The van der Waals surface area contributed by atoms with Gasteiger partial charge in [-0.15, -0.1) is 11.8 Å². The molecule has 1 aliphatic rings. The number of hydrogen-bond acceptors (Lipinski definition) is 7. The monoisotopic (exact) mass is 253 g/mol. The molecule has 1 aliphatic heterocycles. The predicted molar refractivity (Wildman–Crippen MR) is 59.9 cm³/mol. The molecule has 7 heteroatoms. The number of aliphatic hydroxyl groups is 4. The molecule has 0 aliphatic carbocycles. The van der Waals surface area contributed by atoms with E-state index in [2.05, 4.69) is 0 Å². The number of aliphatic hydroxyl groups excluding tert-OH is 4. The largest absolute Gasteiger partial charge is 0.392 e. The van der Waals surface area contributed by atoms with Crippen molar-refractivity contribution in [2.45, 2.75) is 48.9 Å². The highest BCUT2D eigenvalue weighted by molar-refractivity contribution is 7.99. The lowest BCUT2D eigenvalue weighted by atomic mass is 9.93. The Balaban J connectivity index is 2.78. The van der Waals surface area contributed by atoms with Crippen molar-refractivity contribution >= 4 is 11.8 Å². The Kier molecular flexibility index (Phi) is 4.99. The fraction of sp³-hybridized carbons (Fsp3) is 1.00. The van der Waals surface area contributed by atoms with Crippen LogP contribution in [0.2, 0.25) is 0 Å². The van der Waals surface area contributed by atoms with Crippen LogP contribution in [0, 0.1) is 0 Å². The zero-order chi connectivity index (χ0) is 12.5. The number of thioether (sulfide) groups is 1. The minimum atomic E-state index is -1.32. The van der Waals surface area contributed by atoms with Crippen LogP contribution in [-0.2, 0) is 4.74 Å². The molecular formula is C9H19NO5S. The maximum Gasteiger partial charge on any atom is 0.132 e. The van der Waals surface area contributed by atoms with Gasteiger partial charge >= 0.3 is 0 Å². The van der Waals surface area contributed by atoms with E-state index in [9.17, 15) is 20.4 Å². The fourth-order valence-electron chi connectivity index (χ4n) is 1.66. The molecular weight excluding hydrogens is 234 g/mol. The SMILES string of the molecule is CS[C@H]1O[C@H]([C@H](N)[C@@H](C)O)[C@H](O)[C@H](O)[C@H]1O. The van der Waals surface area contributed by atoms with Gasteiger partial charge in [0.05, 0.1) is 12.1 Å². The molecule has 0 spiro atoms. The maximum atomic E-state index is 9.71. The number of nitrogens with two attached hydrogens (primary N) is 1. The van der Waals surface area contributed by atoms with Crippen LogP contribution in [0.1, 0.15) is 6.92 Å². The molecule has 16 heavy (non-hydrogen) atoms. The topological polar surface area (TPSA) is 116 Å². The normalized spacial score (nSPS) is 44.1. The van der Waals surface area contributed by atoms with E-state index in [1.165, 1.54) is 18.7 Å². The van der Waals surface area contributed by atoms with Crippen LogP contribution in [0.3, 0.4) is 0 Å². The van der Waals surface area contributed by atoms with Crippen LogP contribution < -0.4 is 5.73 Å². The first-order chi connectivity index (χ1) is 7.40. The standard InChI is InChI=1S/C9H19NO5S/c1-3(11)4(10)8-6(13)5(12)7(14)9(15-8)16-2/h3-9,11-14H,10H2,1-2H3/t3-,4-,5+,6-,7-,8-,9-/m1/s1. The van der Waals surface area contributed by atoms with Crippen LogP contribution in [0.15, 0.2) is 0 Å². The Bertz CT molecular complexity index is 228. The molecule has 0 unspecified atom stereocenters. The van der Waals surface area contributed by atoms with Crippen molar-refractivity contribution in [3.8, 4) is 0 Å². The highest BCUT2D eigenvalue weighted by Crippen LogP contribution is 2.28. The van der Waals surface area contributed by atoms with Crippen molar-refractivity contribution < 1.29 is 25.2 Å². The van der Waals surface area contributed by atoms with E-state index in [0.717, 1.165) is 0 Å². The average molecular weight is 253 g/mol. The summed E-state index contributed by atoms with van der Waals surface area (Å²) in [6, 6.07) is -0.813. The van der Waals surface area contributed by atoms with Gasteiger partial charge in [0.1, 0.15) is 29.9 Å². The third-order valence-corrected chi connectivity index (χ3v) is 3.63. The summed E-state index contributed by atoms with van der Waals surface area (Å²) in [5.41, 5.74) is 5.01. The lowest BCUT2D eigenvalue weighted by Gasteiger charge is -2.42. The summed E-state index contributed by atoms with van der Waals surface area (Å²) >= 11 is 1.21. The second-order valence-corrected chi connectivity index (χ2v) is 4.93. The van der Waals surface area contributed by atoms with Crippen LogP contribution in [0.5, 0.6) is 0 Å². The summed E-state index contributed by atoms with van der Waals surface area (Å²) in [6.07, 6.45) is -3.84. The minimum absolute atomic E-state index is 0.659. The Morgan fingerprint density at radius 2 is 1.75 bits per heavy atom. The lowest BCUT2D eigenvalue weighted by Crippen LogP contribution is -2.63. The Morgan fingerprint density at radius 1 is 1.19 bits per heavy atom. The summed E-state index contributed by atoms with van der Waals surface area (Å²) < 4.78 is 5.37. The second-order valence-electron chi connectivity index (χ2n) is 3.99. The molecule has 0 saturated carbocycles. The molecule has 1 rings (SSSR count). The molecule has 96 valence electrons. The molecule has 1 heterocycles.